The van der Waals surface area contributed by atoms with Crippen LogP contribution in [0.25, 0.3) is 10.1 Å². The first-order chi connectivity index (χ1) is 8.85. The van der Waals surface area contributed by atoms with Gasteiger partial charge in [-0.1, -0.05) is 18.2 Å². The molecule has 0 atom stereocenters. The average Bonchev–Trinajstić information content (AvgIpc) is 2.80. The second-order valence-corrected chi connectivity index (χ2v) is 6.79. The predicted octanol–water partition coefficient (Wildman–Crippen LogP) is 3.09. The molecule has 2 nitrogen and oxygen atoms in total. The summed E-state index contributed by atoms with van der Waals surface area (Å²) >= 11 is 1.94. The van der Waals surface area contributed by atoms with Crippen LogP contribution in [0.15, 0.2) is 30.3 Å². The van der Waals surface area contributed by atoms with Crippen molar-refractivity contribution in [1.29, 1.82) is 0 Å². The maximum Gasteiger partial charge on any atom is 0.0921 e. The number of piperidine rings is 1. The molecule has 1 spiro atoms. The first-order valence-corrected chi connectivity index (χ1v) is 7.61. The highest BCUT2D eigenvalue weighted by Gasteiger charge is 2.43. The zero-order valence-corrected chi connectivity index (χ0v) is 11.3. The number of thiophene rings is 1. The van der Waals surface area contributed by atoms with Gasteiger partial charge in [-0.25, -0.2) is 0 Å². The number of nitrogens with one attached hydrogen (secondary N) is 1. The molecule has 94 valence electrons. The smallest absolute Gasteiger partial charge is 0.0921 e. The van der Waals surface area contributed by atoms with Gasteiger partial charge in [0.15, 0.2) is 0 Å². The van der Waals surface area contributed by atoms with E-state index in [9.17, 15) is 0 Å². The van der Waals surface area contributed by atoms with Crippen LogP contribution >= 0.6 is 11.3 Å². The van der Waals surface area contributed by atoms with Gasteiger partial charge in [0.05, 0.1) is 5.00 Å². The predicted molar refractivity (Wildman–Crippen MR) is 78.6 cm³/mol. The summed E-state index contributed by atoms with van der Waals surface area (Å²) in [4.78, 5) is 2.57. The van der Waals surface area contributed by atoms with Crippen LogP contribution in [0.5, 0.6) is 0 Å². The Morgan fingerprint density at radius 1 is 1.11 bits per heavy atom. The van der Waals surface area contributed by atoms with E-state index in [1.165, 1.54) is 54.1 Å². The van der Waals surface area contributed by atoms with Gasteiger partial charge in [0.2, 0.25) is 0 Å². The highest BCUT2D eigenvalue weighted by Crippen LogP contribution is 2.44. The molecule has 2 fully saturated rings. The summed E-state index contributed by atoms with van der Waals surface area (Å²) in [5, 5.41) is 6.32. The number of rotatable bonds is 1. The lowest BCUT2D eigenvalue weighted by molar-refractivity contribution is 0.151. The molecule has 0 bridgehead atoms. The van der Waals surface area contributed by atoms with Crippen LogP contribution in [0, 0.1) is 5.41 Å². The lowest BCUT2D eigenvalue weighted by Gasteiger charge is -2.53. The first kappa shape index (κ1) is 10.8. The number of nitrogens with zero attached hydrogens (tertiary/aromatic N) is 1. The molecule has 4 rings (SSSR count). The standard InChI is InChI=1S/C15H18N2S/c1-2-4-13-12(3-1)9-14(18-13)17-10-15(11-17)5-7-16-8-6-15/h1-4,9,16H,5-8,10-11H2. The van der Waals surface area contributed by atoms with Crippen molar-refractivity contribution in [3.8, 4) is 0 Å². The van der Waals surface area contributed by atoms with Crippen molar-refractivity contribution in [2.24, 2.45) is 5.41 Å². The van der Waals surface area contributed by atoms with Crippen molar-refractivity contribution in [3.63, 3.8) is 0 Å². The Hall–Kier alpha value is -1.06. The molecule has 1 aromatic heterocycles. The number of benzene rings is 1. The summed E-state index contributed by atoms with van der Waals surface area (Å²) in [7, 11) is 0. The molecule has 18 heavy (non-hydrogen) atoms. The Balaban J connectivity index is 1.55. The largest absolute Gasteiger partial charge is 0.362 e. The fourth-order valence-corrected chi connectivity index (χ4v) is 4.38. The van der Waals surface area contributed by atoms with E-state index in [0.717, 1.165) is 0 Å². The van der Waals surface area contributed by atoms with Crippen LogP contribution in [0.3, 0.4) is 0 Å². The molecule has 0 aliphatic carbocycles. The van der Waals surface area contributed by atoms with Crippen LogP contribution in [-0.4, -0.2) is 26.2 Å². The minimum absolute atomic E-state index is 0.626. The highest BCUT2D eigenvalue weighted by molar-refractivity contribution is 7.22. The molecule has 2 aliphatic heterocycles. The number of hydrogen-bond donors (Lipinski definition) is 1. The summed E-state index contributed by atoms with van der Waals surface area (Å²) in [6, 6.07) is 11.1. The van der Waals surface area contributed by atoms with Gasteiger partial charge < -0.3 is 10.2 Å². The monoisotopic (exact) mass is 258 g/mol. The maximum absolute atomic E-state index is 3.47. The zero-order valence-electron chi connectivity index (χ0n) is 10.5. The Kier molecular flexibility index (Phi) is 2.39. The van der Waals surface area contributed by atoms with Crippen molar-refractivity contribution >= 4 is 26.4 Å². The van der Waals surface area contributed by atoms with Gasteiger partial charge in [0, 0.05) is 23.2 Å². The van der Waals surface area contributed by atoms with E-state index in [0.29, 0.717) is 5.41 Å². The van der Waals surface area contributed by atoms with Crippen LogP contribution in [0.1, 0.15) is 12.8 Å². The summed E-state index contributed by atoms with van der Waals surface area (Å²) in [5.74, 6) is 0. The Labute approximate surface area is 112 Å². The van der Waals surface area contributed by atoms with E-state index in [1.807, 2.05) is 11.3 Å². The molecule has 2 saturated heterocycles. The zero-order chi connectivity index (χ0) is 12.0. The molecule has 2 aromatic rings. The average molecular weight is 258 g/mol. The van der Waals surface area contributed by atoms with E-state index >= 15 is 0 Å². The van der Waals surface area contributed by atoms with Crippen molar-refractivity contribution < 1.29 is 0 Å². The third-order valence-corrected chi connectivity index (χ3v) is 5.62. The van der Waals surface area contributed by atoms with Gasteiger partial charge in [-0.3, -0.25) is 0 Å². The van der Waals surface area contributed by atoms with E-state index in [4.69, 9.17) is 0 Å². The molecule has 0 saturated carbocycles. The van der Waals surface area contributed by atoms with Crippen molar-refractivity contribution in [2.45, 2.75) is 12.8 Å². The van der Waals surface area contributed by atoms with Gasteiger partial charge in [-0.2, -0.15) is 0 Å². The second-order valence-electron chi connectivity index (χ2n) is 5.73. The summed E-state index contributed by atoms with van der Waals surface area (Å²) in [6.07, 6.45) is 2.71. The quantitative estimate of drug-likeness (QED) is 0.845. The number of hydrogen-bond acceptors (Lipinski definition) is 3. The highest BCUT2D eigenvalue weighted by atomic mass is 32.1. The van der Waals surface area contributed by atoms with Crippen molar-refractivity contribution in [1.82, 2.24) is 5.32 Å². The molecular formula is C15H18N2S. The lowest BCUT2D eigenvalue weighted by Crippen LogP contribution is -2.59. The third kappa shape index (κ3) is 1.65. The topological polar surface area (TPSA) is 15.3 Å². The summed E-state index contributed by atoms with van der Waals surface area (Å²) < 4.78 is 1.42. The minimum Gasteiger partial charge on any atom is -0.362 e. The number of anilines is 1. The molecular weight excluding hydrogens is 240 g/mol. The van der Waals surface area contributed by atoms with Gasteiger partial charge in [-0.15, -0.1) is 11.3 Å². The van der Waals surface area contributed by atoms with E-state index in [2.05, 4.69) is 40.5 Å². The van der Waals surface area contributed by atoms with Gasteiger partial charge in [0.25, 0.3) is 0 Å². The van der Waals surface area contributed by atoms with Gasteiger partial charge in [-0.05, 0) is 43.5 Å². The van der Waals surface area contributed by atoms with E-state index in [1.54, 1.807) is 0 Å². The summed E-state index contributed by atoms with van der Waals surface area (Å²) in [6.45, 7) is 4.95. The molecule has 1 aromatic carbocycles. The second kappa shape index (κ2) is 3.97. The molecule has 0 amide bonds. The van der Waals surface area contributed by atoms with E-state index < -0.39 is 0 Å². The Morgan fingerprint density at radius 2 is 1.89 bits per heavy atom. The van der Waals surface area contributed by atoms with Gasteiger partial charge >= 0.3 is 0 Å². The van der Waals surface area contributed by atoms with Gasteiger partial charge in [0.1, 0.15) is 0 Å². The third-order valence-electron chi connectivity index (χ3n) is 4.44. The fraction of sp³-hybridized carbons (Fsp3) is 0.467. The molecule has 3 heterocycles. The van der Waals surface area contributed by atoms with Crippen LogP contribution in [-0.2, 0) is 0 Å². The van der Waals surface area contributed by atoms with Crippen LogP contribution in [0.2, 0.25) is 0 Å². The first-order valence-electron chi connectivity index (χ1n) is 6.79. The normalized spacial score (nSPS) is 22.3. The Bertz CT molecular complexity index is 528. The number of fused-ring (bicyclic) bond motifs is 1. The minimum atomic E-state index is 0.626. The lowest BCUT2D eigenvalue weighted by atomic mass is 9.72. The van der Waals surface area contributed by atoms with Crippen LogP contribution in [0.4, 0.5) is 5.00 Å². The maximum atomic E-state index is 3.47. The summed E-state index contributed by atoms with van der Waals surface area (Å²) in [5.41, 5.74) is 0.626. The Morgan fingerprint density at radius 3 is 2.67 bits per heavy atom. The fourth-order valence-electron chi connectivity index (χ4n) is 3.32. The molecule has 1 N–H and O–H groups in total. The molecule has 0 unspecified atom stereocenters. The molecule has 0 radical (unpaired) electrons. The SMILES string of the molecule is c1ccc2sc(N3CC4(CCNCC4)C3)cc2c1. The van der Waals surface area contributed by atoms with Crippen molar-refractivity contribution in [2.75, 3.05) is 31.1 Å². The van der Waals surface area contributed by atoms with Crippen LogP contribution < -0.4 is 10.2 Å². The molecule has 2 aliphatic rings. The van der Waals surface area contributed by atoms with Crippen molar-refractivity contribution in [3.05, 3.63) is 30.3 Å². The van der Waals surface area contributed by atoms with E-state index in [-0.39, 0.29) is 0 Å². The molecule has 3 heteroatoms.